The van der Waals surface area contributed by atoms with E-state index in [1.165, 1.54) is 5.56 Å². The maximum atomic E-state index is 4.96. The number of benzene rings is 1. The van der Waals surface area contributed by atoms with Gasteiger partial charge in [0.2, 0.25) is 0 Å². The van der Waals surface area contributed by atoms with Crippen LogP contribution in [0.2, 0.25) is 0 Å². The van der Waals surface area contributed by atoms with Gasteiger partial charge >= 0.3 is 0 Å². The molecule has 0 fully saturated rings. The van der Waals surface area contributed by atoms with Gasteiger partial charge in [-0.2, -0.15) is 0 Å². The summed E-state index contributed by atoms with van der Waals surface area (Å²) in [5.41, 5.74) is 2.17. The number of aryl methyl sites for hydroxylation is 1. The molecule has 0 aliphatic carbocycles. The molecule has 0 radical (unpaired) electrons. The van der Waals surface area contributed by atoms with Crippen LogP contribution in [0.4, 0.5) is 0 Å². The second kappa shape index (κ2) is 3.49. The van der Waals surface area contributed by atoms with E-state index < -0.39 is 0 Å². The Labute approximate surface area is 72.0 Å². The van der Waals surface area contributed by atoms with Gasteiger partial charge in [-0.3, -0.25) is 0 Å². The van der Waals surface area contributed by atoms with E-state index in [1.807, 2.05) is 31.2 Å². The molecule has 2 heteroatoms. The molecule has 0 saturated carbocycles. The van der Waals surface area contributed by atoms with Crippen LogP contribution in [0.1, 0.15) is 11.1 Å². The zero-order valence-corrected chi connectivity index (χ0v) is 7.44. The Morgan fingerprint density at radius 3 is 2.73 bits per heavy atom. The Bertz CT molecular complexity index is 268. The summed E-state index contributed by atoms with van der Waals surface area (Å²) < 4.78 is 4.92. The highest BCUT2D eigenvalue weighted by Crippen LogP contribution is 2.05. The standard InChI is InChI=1S/C9H10OS/c1-7-4-3-5-8(6-7)9(11)10-2/h3-6H,1-2H3. The minimum absolute atomic E-state index is 0.550. The van der Waals surface area contributed by atoms with Crippen molar-refractivity contribution in [2.75, 3.05) is 7.11 Å². The second-order valence-corrected chi connectivity index (χ2v) is 2.73. The number of rotatable bonds is 1. The third-order valence-electron chi connectivity index (χ3n) is 1.44. The fraction of sp³-hybridized carbons (Fsp3) is 0.222. The van der Waals surface area contributed by atoms with Crippen molar-refractivity contribution in [1.82, 2.24) is 0 Å². The lowest BCUT2D eigenvalue weighted by Gasteiger charge is -2.01. The first-order chi connectivity index (χ1) is 5.24. The molecule has 11 heavy (non-hydrogen) atoms. The SMILES string of the molecule is COC(=S)c1cccc(C)c1. The predicted molar refractivity (Wildman–Crippen MR) is 49.9 cm³/mol. The van der Waals surface area contributed by atoms with Gasteiger partial charge in [0.05, 0.1) is 7.11 Å². The molecule has 0 aromatic heterocycles. The van der Waals surface area contributed by atoms with Crippen molar-refractivity contribution in [3.05, 3.63) is 35.4 Å². The molecule has 1 aromatic rings. The lowest BCUT2D eigenvalue weighted by Crippen LogP contribution is -1.98. The Balaban J connectivity index is 2.96. The first-order valence-electron chi connectivity index (χ1n) is 3.39. The van der Waals surface area contributed by atoms with E-state index in [1.54, 1.807) is 7.11 Å². The first-order valence-corrected chi connectivity index (χ1v) is 3.80. The monoisotopic (exact) mass is 166 g/mol. The van der Waals surface area contributed by atoms with Crippen molar-refractivity contribution in [3.8, 4) is 0 Å². The van der Waals surface area contributed by atoms with E-state index in [0.29, 0.717) is 5.05 Å². The van der Waals surface area contributed by atoms with Crippen LogP contribution in [0.25, 0.3) is 0 Å². The maximum absolute atomic E-state index is 4.96. The largest absolute Gasteiger partial charge is 0.486 e. The van der Waals surface area contributed by atoms with Crippen molar-refractivity contribution in [2.24, 2.45) is 0 Å². The van der Waals surface area contributed by atoms with E-state index in [9.17, 15) is 0 Å². The average Bonchev–Trinajstić information content (AvgIpc) is 2.03. The summed E-state index contributed by atoms with van der Waals surface area (Å²) in [6, 6.07) is 7.95. The molecule has 0 heterocycles. The summed E-state index contributed by atoms with van der Waals surface area (Å²) in [6.45, 7) is 2.03. The van der Waals surface area contributed by atoms with Crippen LogP contribution in [0.3, 0.4) is 0 Å². The molecule has 0 bridgehead atoms. The number of methoxy groups -OCH3 is 1. The van der Waals surface area contributed by atoms with E-state index in [4.69, 9.17) is 17.0 Å². The molecular weight excluding hydrogens is 156 g/mol. The van der Waals surface area contributed by atoms with Crippen LogP contribution in [0.15, 0.2) is 24.3 Å². The highest BCUT2D eigenvalue weighted by molar-refractivity contribution is 7.80. The zero-order chi connectivity index (χ0) is 8.27. The molecule has 0 aliphatic heterocycles. The van der Waals surface area contributed by atoms with Gasteiger partial charge in [-0.25, -0.2) is 0 Å². The molecule has 0 atom stereocenters. The molecule has 0 saturated heterocycles. The van der Waals surface area contributed by atoms with Crippen molar-refractivity contribution < 1.29 is 4.74 Å². The molecule has 0 spiro atoms. The molecule has 1 rings (SSSR count). The van der Waals surface area contributed by atoms with E-state index in [-0.39, 0.29) is 0 Å². The molecule has 0 N–H and O–H groups in total. The molecule has 0 amide bonds. The number of hydrogen-bond donors (Lipinski definition) is 0. The fourth-order valence-electron chi connectivity index (χ4n) is 0.890. The van der Waals surface area contributed by atoms with Gasteiger partial charge in [0.25, 0.3) is 0 Å². The summed E-state index contributed by atoms with van der Waals surface area (Å²) in [5, 5.41) is 0.550. The van der Waals surface area contributed by atoms with Gasteiger partial charge in [-0.05, 0) is 25.2 Å². The topological polar surface area (TPSA) is 9.23 Å². The van der Waals surface area contributed by atoms with Crippen molar-refractivity contribution in [3.63, 3.8) is 0 Å². The smallest absolute Gasteiger partial charge is 0.190 e. The minimum atomic E-state index is 0.550. The minimum Gasteiger partial charge on any atom is -0.486 e. The summed E-state index contributed by atoms with van der Waals surface area (Å²) in [7, 11) is 1.59. The lowest BCUT2D eigenvalue weighted by molar-refractivity contribution is 0.416. The molecule has 1 aromatic carbocycles. The number of ether oxygens (including phenoxy) is 1. The zero-order valence-electron chi connectivity index (χ0n) is 6.63. The summed E-state index contributed by atoms with van der Waals surface area (Å²) in [4.78, 5) is 0. The van der Waals surface area contributed by atoms with Crippen molar-refractivity contribution >= 4 is 17.3 Å². The van der Waals surface area contributed by atoms with Gasteiger partial charge in [0.15, 0.2) is 5.05 Å². The lowest BCUT2D eigenvalue weighted by atomic mass is 10.1. The van der Waals surface area contributed by atoms with Gasteiger partial charge < -0.3 is 4.74 Å². The van der Waals surface area contributed by atoms with Crippen LogP contribution in [0.5, 0.6) is 0 Å². The van der Waals surface area contributed by atoms with Crippen molar-refractivity contribution in [2.45, 2.75) is 6.92 Å². The van der Waals surface area contributed by atoms with Crippen LogP contribution < -0.4 is 0 Å². The van der Waals surface area contributed by atoms with Gasteiger partial charge in [-0.1, -0.05) is 23.8 Å². The molecule has 0 unspecified atom stereocenters. The quantitative estimate of drug-likeness (QED) is 0.592. The number of thiocarbonyl (C=S) groups is 1. The third kappa shape index (κ3) is 2.02. The van der Waals surface area contributed by atoms with E-state index in [0.717, 1.165) is 5.56 Å². The Morgan fingerprint density at radius 2 is 2.18 bits per heavy atom. The normalized spacial score (nSPS) is 9.27. The van der Waals surface area contributed by atoms with Crippen LogP contribution in [-0.2, 0) is 4.74 Å². The van der Waals surface area contributed by atoms with Gasteiger partial charge in [0.1, 0.15) is 0 Å². The van der Waals surface area contributed by atoms with Gasteiger partial charge in [0, 0.05) is 5.56 Å². The van der Waals surface area contributed by atoms with Crippen LogP contribution in [-0.4, -0.2) is 12.2 Å². The summed E-state index contributed by atoms with van der Waals surface area (Å²) in [6.07, 6.45) is 0. The van der Waals surface area contributed by atoms with Gasteiger partial charge in [-0.15, -0.1) is 0 Å². The number of hydrogen-bond acceptors (Lipinski definition) is 2. The molecular formula is C9H10OS. The highest BCUT2D eigenvalue weighted by atomic mass is 32.1. The summed E-state index contributed by atoms with van der Waals surface area (Å²) in [5.74, 6) is 0. The van der Waals surface area contributed by atoms with Crippen LogP contribution >= 0.6 is 12.2 Å². The Hall–Kier alpha value is -0.890. The molecule has 58 valence electrons. The molecule has 0 aliphatic rings. The predicted octanol–water partition coefficient (Wildman–Crippen LogP) is 2.32. The average molecular weight is 166 g/mol. The third-order valence-corrected chi connectivity index (χ3v) is 1.84. The Kier molecular flexibility index (Phi) is 2.60. The maximum Gasteiger partial charge on any atom is 0.190 e. The van der Waals surface area contributed by atoms with Crippen LogP contribution in [0, 0.1) is 6.92 Å². The van der Waals surface area contributed by atoms with E-state index >= 15 is 0 Å². The molecule has 1 nitrogen and oxygen atoms in total. The Morgan fingerprint density at radius 1 is 1.45 bits per heavy atom. The van der Waals surface area contributed by atoms with E-state index in [2.05, 4.69) is 0 Å². The summed E-state index contributed by atoms with van der Waals surface area (Å²) >= 11 is 4.96. The fourth-order valence-corrected chi connectivity index (χ4v) is 1.02. The van der Waals surface area contributed by atoms with Crippen molar-refractivity contribution in [1.29, 1.82) is 0 Å². The highest BCUT2D eigenvalue weighted by Gasteiger charge is 1.98. The first kappa shape index (κ1) is 8.21. The second-order valence-electron chi connectivity index (χ2n) is 2.36.